The molecule has 0 aromatic heterocycles. The number of ether oxygens (including phenoxy) is 1. The van der Waals surface area contributed by atoms with Gasteiger partial charge < -0.3 is 4.74 Å². The van der Waals surface area contributed by atoms with E-state index in [9.17, 15) is 18.5 Å². The summed E-state index contributed by atoms with van der Waals surface area (Å²) in [4.78, 5) is 10.3. The van der Waals surface area contributed by atoms with Crippen molar-refractivity contribution in [2.24, 2.45) is 16.7 Å². The van der Waals surface area contributed by atoms with Crippen LogP contribution >= 0.6 is 0 Å². The van der Waals surface area contributed by atoms with Crippen molar-refractivity contribution in [2.75, 3.05) is 7.11 Å². The topological polar surface area (TPSA) is 98.5 Å². The first-order chi connectivity index (χ1) is 11.5. The Morgan fingerprint density at radius 3 is 2.48 bits per heavy atom. The van der Waals surface area contributed by atoms with Crippen molar-refractivity contribution in [1.82, 2.24) is 4.72 Å². The molecule has 8 heteroatoms. The molecule has 2 aliphatic rings. The van der Waals surface area contributed by atoms with Crippen molar-refractivity contribution in [1.29, 1.82) is 0 Å². The summed E-state index contributed by atoms with van der Waals surface area (Å²) >= 11 is 0. The third kappa shape index (κ3) is 2.62. The predicted molar refractivity (Wildman–Crippen MR) is 93.0 cm³/mol. The molecule has 0 radical (unpaired) electrons. The Balaban J connectivity index is 1.93. The predicted octanol–water partition coefficient (Wildman–Crippen LogP) is 3.10. The van der Waals surface area contributed by atoms with Gasteiger partial charge >= 0.3 is 0 Å². The molecule has 2 fully saturated rings. The second-order valence-electron chi connectivity index (χ2n) is 7.88. The molecule has 1 aromatic carbocycles. The average Bonchev–Trinajstić information content (AvgIpc) is 2.87. The van der Waals surface area contributed by atoms with Crippen molar-refractivity contribution in [3.05, 3.63) is 28.3 Å². The number of fused-ring (bicyclic) bond motifs is 2. The Morgan fingerprint density at radius 1 is 1.32 bits per heavy atom. The summed E-state index contributed by atoms with van der Waals surface area (Å²) in [6, 6.07) is 3.41. The first kappa shape index (κ1) is 18.1. The Labute approximate surface area is 148 Å². The Morgan fingerprint density at radius 2 is 2.00 bits per heavy atom. The molecule has 2 saturated carbocycles. The first-order valence-corrected chi connectivity index (χ1v) is 9.86. The van der Waals surface area contributed by atoms with E-state index in [0.717, 1.165) is 25.3 Å². The van der Waals surface area contributed by atoms with Crippen LogP contribution in [-0.4, -0.2) is 26.5 Å². The monoisotopic (exact) mass is 368 g/mol. The van der Waals surface area contributed by atoms with Crippen LogP contribution in [0.1, 0.15) is 40.0 Å². The maximum Gasteiger partial charge on any atom is 0.273 e. The summed E-state index contributed by atoms with van der Waals surface area (Å²) in [6.45, 7) is 6.58. The van der Waals surface area contributed by atoms with E-state index in [-0.39, 0.29) is 33.2 Å². The lowest BCUT2D eigenvalue weighted by Crippen LogP contribution is -2.46. The molecule has 0 amide bonds. The van der Waals surface area contributed by atoms with Crippen molar-refractivity contribution >= 4 is 15.7 Å². The molecule has 0 aliphatic heterocycles. The molecule has 3 unspecified atom stereocenters. The lowest BCUT2D eigenvalue weighted by molar-refractivity contribution is -0.385. The fourth-order valence-electron chi connectivity index (χ4n) is 4.62. The molecule has 2 aliphatic carbocycles. The van der Waals surface area contributed by atoms with Crippen LogP contribution in [0.2, 0.25) is 0 Å². The molecule has 2 bridgehead atoms. The molecule has 0 heterocycles. The maximum atomic E-state index is 12.9. The summed E-state index contributed by atoms with van der Waals surface area (Å²) in [5, 5.41) is 10.9. The summed E-state index contributed by atoms with van der Waals surface area (Å²) in [6.07, 6.45) is 2.94. The van der Waals surface area contributed by atoms with Gasteiger partial charge in [-0.1, -0.05) is 20.8 Å². The Hall–Kier alpha value is -1.67. The first-order valence-electron chi connectivity index (χ1n) is 8.38. The van der Waals surface area contributed by atoms with Crippen LogP contribution in [0.4, 0.5) is 5.69 Å². The van der Waals surface area contributed by atoms with E-state index in [2.05, 4.69) is 25.5 Å². The zero-order chi connectivity index (χ0) is 18.6. The molecule has 0 saturated heterocycles. The average molecular weight is 368 g/mol. The number of methoxy groups -OCH3 is 1. The Bertz CT molecular complexity index is 820. The van der Waals surface area contributed by atoms with Gasteiger partial charge in [-0.3, -0.25) is 10.1 Å². The number of hydrogen-bond donors (Lipinski definition) is 1. The third-order valence-corrected chi connectivity index (χ3v) is 8.25. The summed E-state index contributed by atoms with van der Waals surface area (Å²) in [7, 11) is -2.53. The van der Waals surface area contributed by atoms with Crippen molar-refractivity contribution in [2.45, 2.75) is 51.0 Å². The zero-order valence-electron chi connectivity index (χ0n) is 14.9. The van der Waals surface area contributed by atoms with Gasteiger partial charge in [-0.25, -0.2) is 13.1 Å². The van der Waals surface area contributed by atoms with Crippen LogP contribution in [0.25, 0.3) is 0 Å². The number of non-ortho nitro benzene ring substituents is 1. The van der Waals surface area contributed by atoms with Crippen LogP contribution in [0.3, 0.4) is 0 Å². The molecule has 7 nitrogen and oxygen atoms in total. The van der Waals surface area contributed by atoms with Crippen LogP contribution in [0.15, 0.2) is 23.1 Å². The lowest BCUT2D eigenvalue weighted by Gasteiger charge is -2.39. The van der Waals surface area contributed by atoms with E-state index in [1.54, 1.807) is 0 Å². The number of rotatable bonds is 5. The highest BCUT2D eigenvalue weighted by molar-refractivity contribution is 7.89. The smallest absolute Gasteiger partial charge is 0.273 e. The normalized spacial score (nSPS) is 30.4. The van der Waals surface area contributed by atoms with Gasteiger partial charge in [0.1, 0.15) is 10.6 Å². The second kappa shape index (κ2) is 5.67. The number of nitro groups is 1. The van der Waals surface area contributed by atoms with Gasteiger partial charge in [0.2, 0.25) is 10.0 Å². The highest BCUT2D eigenvalue weighted by Gasteiger charge is 2.62. The molecule has 3 rings (SSSR count). The van der Waals surface area contributed by atoms with E-state index in [1.165, 1.54) is 19.2 Å². The van der Waals surface area contributed by atoms with Crippen molar-refractivity contribution in [3.63, 3.8) is 0 Å². The zero-order valence-corrected chi connectivity index (χ0v) is 15.7. The van der Waals surface area contributed by atoms with Gasteiger partial charge in [0.15, 0.2) is 0 Å². The van der Waals surface area contributed by atoms with E-state index in [1.807, 2.05) is 0 Å². The number of sulfonamides is 1. The van der Waals surface area contributed by atoms with Gasteiger partial charge in [0.05, 0.1) is 18.1 Å². The lowest BCUT2D eigenvalue weighted by atomic mass is 9.69. The summed E-state index contributed by atoms with van der Waals surface area (Å²) < 4.78 is 33.8. The molecule has 25 heavy (non-hydrogen) atoms. The second-order valence-corrected chi connectivity index (χ2v) is 9.56. The molecule has 1 aromatic rings. The molecule has 0 spiro atoms. The molecular weight excluding hydrogens is 344 g/mol. The minimum atomic E-state index is -3.84. The van der Waals surface area contributed by atoms with Gasteiger partial charge in [0, 0.05) is 12.1 Å². The van der Waals surface area contributed by atoms with E-state index >= 15 is 0 Å². The van der Waals surface area contributed by atoms with Gasteiger partial charge in [-0.05, 0) is 42.1 Å². The van der Waals surface area contributed by atoms with Crippen molar-refractivity contribution < 1.29 is 18.1 Å². The number of nitro benzene ring substituents is 1. The van der Waals surface area contributed by atoms with E-state index in [4.69, 9.17) is 4.74 Å². The molecular formula is C17H24N2O5S. The van der Waals surface area contributed by atoms with Crippen molar-refractivity contribution in [3.8, 4) is 5.75 Å². The highest BCUT2D eigenvalue weighted by atomic mass is 32.2. The fourth-order valence-corrected chi connectivity index (χ4v) is 6.14. The van der Waals surface area contributed by atoms with Crippen LogP contribution in [0, 0.1) is 26.9 Å². The maximum absolute atomic E-state index is 12.9. The van der Waals surface area contributed by atoms with E-state index < -0.39 is 14.9 Å². The molecule has 1 N–H and O–H groups in total. The number of hydrogen-bond acceptors (Lipinski definition) is 5. The largest absolute Gasteiger partial charge is 0.495 e. The summed E-state index contributed by atoms with van der Waals surface area (Å²) in [5.74, 6) is 0.484. The van der Waals surface area contributed by atoms with Gasteiger partial charge in [-0.2, -0.15) is 0 Å². The number of nitrogens with one attached hydrogen (secondary N) is 1. The molecule has 138 valence electrons. The van der Waals surface area contributed by atoms with Gasteiger partial charge in [-0.15, -0.1) is 0 Å². The number of nitrogens with zero attached hydrogens (tertiary/aromatic N) is 1. The van der Waals surface area contributed by atoms with Crippen LogP contribution in [-0.2, 0) is 10.0 Å². The minimum absolute atomic E-state index is 0.0192. The number of benzene rings is 1. The summed E-state index contributed by atoms with van der Waals surface area (Å²) in [5.41, 5.74) is -0.220. The Kier molecular flexibility index (Phi) is 4.11. The minimum Gasteiger partial charge on any atom is -0.495 e. The quantitative estimate of drug-likeness (QED) is 0.636. The fraction of sp³-hybridized carbons (Fsp3) is 0.647. The molecule has 3 atom stereocenters. The van der Waals surface area contributed by atoms with Crippen LogP contribution < -0.4 is 9.46 Å². The standard InChI is InChI=1S/C17H24N2O5S/c1-16(2)11-7-8-17(16,3)15(9-11)18-25(22,23)14-6-5-12(19(20)21)10-13(14)24-4/h5-6,10-11,15,18H,7-9H2,1-4H3. The SMILES string of the molecule is COc1cc([N+](=O)[O-])ccc1S(=O)(=O)NC1CC2CCC1(C)C2(C)C. The van der Waals surface area contributed by atoms with Crippen LogP contribution in [0.5, 0.6) is 5.75 Å². The van der Waals surface area contributed by atoms with E-state index in [0.29, 0.717) is 5.92 Å². The third-order valence-electron chi connectivity index (χ3n) is 6.74. The van der Waals surface area contributed by atoms with Gasteiger partial charge in [0.25, 0.3) is 5.69 Å². The highest BCUT2D eigenvalue weighted by Crippen LogP contribution is 2.65.